The highest BCUT2D eigenvalue weighted by Gasteiger charge is 2.39. The quantitative estimate of drug-likeness (QED) is 0.339. The fraction of sp³-hybridized carbons (Fsp3) is 0.208. The highest BCUT2D eigenvalue weighted by molar-refractivity contribution is 7.54. The standard InChI is InChI=1S/C24H25O5P/c1-27-30(26,28-2)22(18-19-12-6-3-7-13-19)29-24(25)23(20-14-8-4-9-15-20)21-16-10-5-11-17-21/h3-17,22-23H,18H2,1-2H3/t22-/m1/s1. The van der Waals surface area contributed by atoms with Crippen molar-refractivity contribution in [1.29, 1.82) is 0 Å². The lowest BCUT2D eigenvalue weighted by Crippen LogP contribution is -2.26. The Kier molecular flexibility index (Phi) is 7.58. The maximum Gasteiger partial charge on any atom is 0.370 e. The summed E-state index contributed by atoms with van der Waals surface area (Å²) >= 11 is 0. The molecule has 0 aliphatic rings. The van der Waals surface area contributed by atoms with Crippen molar-refractivity contribution in [2.75, 3.05) is 14.2 Å². The van der Waals surface area contributed by atoms with Gasteiger partial charge >= 0.3 is 13.6 Å². The molecule has 0 saturated heterocycles. The van der Waals surface area contributed by atoms with Gasteiger partial charge in [0.15, 0.2) is 0 Å². The molecule has 0 fully saturated rings. The summed E-state index contributed by atoms with van der Waals surface area (Å²) in [7, 11) is -1.09. The first-order valence-electron chi connectivity index (χ1n) is 9.63. The van der Waals surface area contributed by atoms with Gasteiger partial charge in [-0.25, -0.2) is 0 Å². The molecule has 3 aromatic rings. The second kappa shape index (κ2) is 10.4. The van der Waals surface area contributed by atoms with Gasteiger partial charge in [-0.15, -0.1) is 0 Å². The monoisotopic (exact) mass is 424 g/mol. The zero-order valence-corrected chi connectivity index (χ0v) is 17.9. The number of carbonyl (C=O) groups excluding carboxylic acids is 1. The predicted molar refractivity (Wildman–Crippen MR) is 116 cm³/mol. The molecular weight excluding hydrogens is 399 g/mol. The van der Waals surface area contributed by atoms with E-state index < -0.39 is 25.3 Å². The number of hydrogen-bond donors (Lipinski definition) is 0. The molecule has 156 valence electrons. The minimum atomic E-state index is -3.68. The van der Waals surface area contributed by atoms with Gasteiger partial charge in [-0.1, -0.05) is 91.0 Å². The number of ether oxygens (including phenoxy) is 1. The van der Waals surface area contributed by atoms with Crippen LogP contribution in [0.15, 0.2) is 91.0 Å². The van der Waals surface area contributed by atoms with E-state index in [2.05, 4.69) is 0 Å². The first-order chi connectivity index (χ1) is 14.6. The van der Waals surface area contributed by atoms with Gasteiger partial charge in [0.05, 0.1) is 0 Å². The van der Waals surface area contributed by atoms with Crippen LogP contribution >= 0.6 is 7.60 Å². The molecule has 5 nitrogen and oxygen atoms in total. The Morgan fingerprint density at radius 1 is 0.767 bits per heavy atom. The van der Waals surface area contributed by atoms with Crippen LogP contribution in [0, 0.1) is 0 Å². The minimum absolute atomic E-state index is 0.210. The van der Waals surface area contributed by atoms with E-state index in [1.54, 1.807) is 0 Å². The molecule has 6 heteroatoms. The molecule has 1 atom stereocenters. The van der Waals surface area contributed by atoms with E-state index in [0.29, 0.717) is 0 Å². The van der Waals surface area contributed by atoms with Crippen molar-refractivity contribution in [2.24, 2.45) is 0 Å². The molecule has 0 saturated carbocycles. The maximum atomic E-state index is 13.4. The summed E-state index contributed by atoms with van der Waals surface area (Å²) in [4.78, 5) is 13.4. The summed E-state index contributed by atoms with van der Waals surface area (Å²) in [6, 6.07) is 28.1. The van der Waals surface area contributed by atoms with Crippen LogP contribution in [0.4, 0.5) is 0 Å². The molecule has 3 aromatic carbocycles. The van der Waals surface area contributed by atoms with E-state index in [-0.39, 0.29) is 6.42 Å². The predicted octanol–water partition coefficient (Wildman–Crippen LogP) is 5.42. The van der Waals surface area contributed by atoms with E-state index in [9.17, 15) is 9.36 Å². The molecule has 0 radical (unpaired) electrons. The Labute approximate surface area is 177 Å². The second-order valence-corrected chi connectivity index (χ2v) is 9.13. The highest BCUT2D eigenvalue weighted by atomic mass is 31.2. The third-order valence-electron chi connectivity index (χ3n) is 4.87. The van der Waals surface area contributed by atoms with Gasteiger partial charge in [0.25, 0.3) is 0 Å². The Hall–Kier alpha value is -2.72. The molecule has 0 heterocycles. The smallest absolute Gasteiger partial charge is 0.370 e. The van der Waals surface area contributed by atoms with Gasteiger partial charge in [-0.3, -0.25) is 9.36 Å². The summed E-state index contributed by atoms with van der Waals surface area (Å²) in [5.41, 5.74) is 2.44. The number of hydrogen-bond acceptors (Lipinski definition) is 5. The van der Waals surface area contributed by atoms with Crippen LogP contribution in [-0.4, -0.2) is 26.0 Å². The summed E-state index contributed by atoms with van der Waals surface area (Å²) in [6.45, 7) is 0. The van der Waals surface area contributed by atoms with E-state index in [4.69, 9.17) is 13.8 Å². The fourth-order valence-electron chi connectivity index (χ4n) is 3.30. The largest absolute Gasteiger partial charge is 0.448 e. The topological polar surface area (TPSA) is 61.8 Å². The second-order valence-electron chi connectivity index (χ2n) is 6.74. The fourth-order valence-corrected chi connectivity index (χ4v) is 4.59. The van der Waals surface area contributed by atoms with Gasteiger partial charge in [-0.2, -0.15) is 0 Å². The first-order valence-corrected chi connectivity index (χ1v) is 11.2. The van der Waals surface area contributed by atoms with Crippen LogP contribution in [0.1, 0.15) is 22.6 Å². The Morgan fingerprint density at radius 2 is 1.20 bits per heavy atom. The van der Waals surface area contributed by atoms with Crippen LogP contribution < -0.4 is 0 Å². The van der Waals surface area contributed by atoms with E-state index in [0.717, 1.165) is 16.7 Å². The molecule has 0 unspecified atom stereocenters. The van der Waals surface area contributed by atoms with Gasteiger partial charge in [-0.05, 0) is 16.7 Å². The number of esters is 1. The van der Waals surface area contributed by atoms with Gasteiger partial charge in [0.1, 0.15) is 5.92 Å². The average Bonchev–Trinajstić information content (AvgIpc) is 2.80. The van der Waals surface area contributed by atoms with Crippen LogP contribution in [0.2, 0.25) is 0 Å². The summed E-state index contributed by atoms with van der Waals surface area (Å²) in [5, 5.41) is 0. The van der Waals surface area contributed by atoms with Gasteiger partial charge in [0.2, 0.25) is 5.85 Å². The third-order valence-corrected chi connectivity index (χ3v) is 6.88. The lowest BCUT2D eigenvalue weighted by Gasteiger charge is -2.26. The van der Waals surface area contributed by atoms with E-state index in [1.165, 1.54) is 14.2 Å². The summed E-state index contributed by atoms with van der Waals surface area (Å²) in [6.07, 6.45) is 0.210. The van der Waals surface area contributed by atoms with Crippen molar-refractivity contribution >= 4 is 13.6 Å². The molecule has 0 aromatic heterocycles. The summed E-state index contributed by atoms with van der Waals surface area (Å²) in [5.74, 6) is -2.24. The zero-order valence-electron chi connectivity index (χ0n) is 17.0. The Morgan fingerprint density at radius 3 is 1.63 bits per heavy atom. The maximum absolute atomic E-state index is 13.4. The lowest BCUT2D eigenvalue weighted by molar-refractivity contribution is -0.147. The molecule has 0 aliphatic heterocycles. The highest BCUT2D eigenvalue weighted by Crippen LogP contribution is 2.53. The van der Waals surface area contributed by atoms with E-state index in [1.807, 2.05) is 91.0 Å². The first kappa shape index (κ1) is 22.0. The van der Waals surface area contributed by atoms with Crippen molar-refractivity contribution in [2.45, 2.75) is 18.2 Å². The number of carbonyl (C=O) groups is 1. The van der Waals surface area contributed by atoms with Gasteiger partial charge in [0, 0.05) is 20.6 Å². The van der Waals surface area contributed by atoms with Crippen LogP contribution in [-0.2, 0) is 29.6 Å². The zero-order chi connectivity index (χ0) is 21.4. The van der Waals surface area contributed by atoms with Crippen molar-refractivity contribution in [3.05, 3.63) is 108 Å². The molecule has 0 N–H and O–H groups in total. The normalized spacial score (nSPS) is 12.5. The number of rotatable bonds is 9. The molecule has 0 aliphatic carbocycles. The van der Waals surface area contributed by atoms with Crippen molar-refractivity contribution in [1.82, 2.24) is 0 Å². The van der Waals surface area contributed by atoms with Crippen LogP contribution in [0.3, 0.4) is 0 Å². The molecular formula is C24H25O5P. The third kappa shape index (κ3) is 5.25. The minimum Gasteiger partial charge on any atom is -0.448 e. The Bertz CT molecular complexity index is 929. The van der Waals surface area contributed by atoms with Gasteiger partial charge < -0.3 is 13.8 Å². The molecule has 30 heavy (non-hydrogen) atoms. The van der Waals surface area contributed by atoms with Crippen molar-refractivity contribution < 1.29 is 23.1 Å². The molecule has 0 spiro atoms. The van der Waals surface area contributed by atoms with Crippen molar-refractivity contribution in [3.8, 4) is 0 Å². The molecule has 0 bridgehead atoms. The number of benzene rings is 3. The van der Waals surface area contributed by atoms with Crippen LogP contribution in [0.25, 0.3) is 0 Å². The van der Waals surface area contributed by atoms with E-state index >= 15 is 0 Å². The van der Waals surface area contributed by atoms with Crippen molar-refractivity contribution in [3.63, 3.8) is 0 Å². The SMILES string of the molecule is COP(=O)(OC)[C@H](Cc1ccccc1)OC(=O)C(c1ccccc1)c1ccccc1. The molecule has 0 amide bonds. The summed E-state index contributed by atoms with van der Waals surface area (Å²) < 4.78 is 29.3. The lowest BCUT2D eigenvalue weighted by atomic mass is 9.91. The average molecular weight is 424 g/mol. The van der Waals surface area contributed by atoms with Crippen LogP contribution in [0.5, 0.6) is 0 Å². The Balaban J connectivity index is 1.94. The molecule has 3 rings (SSSR count).